The van der Waals surface area contributed by atoms with Crippen LogP contribution in [0, 0.1) is 6.92 Å². The molecular formula is C19H23N5O5S. The van der Waals surface area contributed by atoms with Gasteiger partial charge in [0.2, 0.25) is 17.7 Å². The van der Waals surface area contributed by atoms with Crippen molar-refractivity contribution in [3.63, 3.8) is 0 Å². The molecule has 30 heavy (non-hydrogen) atoms. The van der Waals surface area contributed by atoms with Gasteiger partial charge in [0.15, 0.2) is 5.82 Å². The first-order chi connectivity index (χ1) is 14.2. The molecule has 160 valence electrons. The Hall–Kier alpha value is -3.34. The number of carbonyl (C=O) groups is 4. The molecule has 5 N–H and O–H groups in total. The molecule has 1 aromatic carbocycles. The lowest BCUT2D eigenvalue weighted by molar-refractivity contribution is -0.119. The summed E-state index contributed by atoms with van der Waals surface area (Å²) in [4.78, 5) is 46.6. The summed E-state index contributed by atoms with van der Waals surface area (Å²) in [7, 11) is 0. The van der Waals surface area contributed by atoms with Crippen molar-refractivity contribution in [1.82, 2.24) is 15.8 Å². The first-order valence-electron chi connectivity index (χ1n) is 9.02. The lowest BCUT2D eigenvalue weighted by Crippen LogP contribution is -2.33. The van der Waals surface area contributed by atoms with Gasteiger partial charge in [-0.25, -0.2) is 0 Å². The maximum Gasteiger partial charge on any atom is 0.251 e. The van der Waals surface area contributed by atoms with E-state index in [1.165, 1.54) is 11.8 Å². The molecule has 0 aliphatic heterocycles. The topological polar surface area (TPSA) is 156 Å². The zero-order chi connectivity index (χ0) is 22.1. The summed E-state index contributed by atoms with van der Waals surface area (Å²) in [6.07, 6.45) is 0. The number of hydrogen-bond donors (Lipinski definition) is 4. The maximum atomic E-state index is 12.1. The minimum absolute atomic E-state index is 0.111. The number of thioether (sulfide) groups is 1. The Bertz CT molecular complexity index is 912. The lowest BCUT2D eigenvalue weighted by Gasteiger charge is -2.11. The molecule has 10 nitrogen and oxygen atoms in total. The number of hydrogen-bond acceptors (Lipinski definition) is 7. The molecule has 0 fully saturated rings. The van der Waals surface area contributed by atoms with Gasteiger partial charge in [0.1, 0.15) is 5.76 Å². The third kappa shape index (κ3) is 7.59. The van der Waals surface area contributed by atoms with Crippen LogP contribution in [0.5, 0.6) is 0 Å². The van der Waals surface area contributed by atoms with Gasteiger partial charge in [0.05, 0.1) is 17.5 Å². The van der Waals surface area contributed by atoms with Gasteiger partial charge < -0.3 is 26.2 Å². The van der Waals surface area contributed by atoms with Crippen LogP contribution in [0.15, 0.2) is 34.9 Å². The SMILES string of the molecule is Cc1cc(NC(=O)C(C)SCC(=O)NCc2ccc(C(=O)NCC(N)=O)cc2)no1. The van der Waals surface area contributed by atoms with Crippen molar-refractivity contribution in [3.05, 3.63) is 47.2 Å². The number of benzene rings is 1. The van der Waals surface area contributed by atoms with E-state index in [4.69, 9.17) is 10.3 Å². The molecule has 0 bridgehead atoms. The van der Waals surface area contributed by atoms with E-state index in [0.717, 1.165) is 5.56 Å². The fraction of sp³-hybridized carbons (Fsp3) is 0.316. The molecular weight excluding hydrogens is 410 g/mol. The Balaban J connectivity index is 1.71. The van der Waals surface area contributed by atoms with E-state index in [9.17, 15) is 19.2 Å². The second-order valence-corrected chi connectivity index (χ2v) is 7.72. The second-order valence-electron chi connectivity index (χ2n) is 6.39. The van der Waals surface area contributed by atoms with Crippen LogP contribution in [0.1, 0.15) is 28.6 Å². The highest BCUT2D eigenvalue weighted by molar-refractivity contribution is 8.01. The molecule has 0 aliphatic carbocycles. The Morgan fingerprint density at radius 2 is 1.87 bits per heavy atom. The summed E-state index contributed by atoms with van der Waals surface area (Å²) < 4.78 is 4.88. The van der Waals surface area contributed by atoms with Crippen molar-refractivity contribution in [2.24, 2.45) is 5.73 Å². The Morgan fingerprint density at radius 3 is 2.47 bits per heavy atom. The molecule has 4 amide bonds. The molecule has 1 aromatic heterocycles. The minimum Gasteiger partial charge on any atom is -0.368 e. The van der Waals surface area contributed by atoms with Gasteiger partial charge in [0, 0.05) is 18.2 Å². The quantitative estimate of drug-likeness (QED) is 0.427. The lowest BCUT2D eigenvalue weighted by atomic mass is 10.1. The number of aromatic nitrogens is 1. The number of carbonyl (C=O) groups excluding carboxylic acids is 4. The third-order valence-corrected chi connectivity index (χ3v) is 4.98. The van der Waals surface area contributed by atoms with Crippen LogP contribution in [0.4, 0.5) is 5.82 Å². The number of amides is 4. The van der Waals surface area contributed by atoms with Gasteiger partial charge in [-0.15, -0.1) is 11.8 Å². The van der Waals surface area contributed by atoms with Crippen molar-refractivity contribution in [2.75, 3.05) is 17.6 Å². The zero-order valence-electron chi connectivity index (χ0n) is 16.6. The summed E-state index contributed by atoms with van der Waals surface area (Å²) in [5, 5.41) is 11.0. The Labute approximate surface area is 177 Å². The highest BCUT2D eigenvalue weighted by atomic mass is 32.2. The van der Waals surface area contributed by atoms with Gasteiger partial charge >= 0.3 is 0 Å². The van der Waals surface area contributed by atoms with Crippen molar-refractivity contribution in [3.8, 4) is 0 Å². The highest BCUT2D eigenvalue weighted by Crippen LogP contribution is 2.14. The standard InChI is InChI=1S/C19H23N5O5S/c1-11-7-16(24-29-11)23-18(27)12(2)30-10-17(26)21-8-13-3-5-14(6-4-13)19(28)22-9-15(20)25/h3-7,12H,8-10H2,1-2H3,(H2,20,25)(H,21,26)(H,22,28)(H,23,24,27). The molecule has 0 saturated heterocycles. The Kier molecular flexibility index (Phi) is 8.41. The van der Waals surface area contributed by atoms with Crippen molar-refractivity contribution >= 4 is 41.2 Å². The predicted octanol–water partition coefficient (Wildman–Crippen LogP) is 0.575. The highest BCUT2D eigenvalue weighted by Gasteiger charge is 2.16. The van der Waals surface area contributed by atoms with Crippen LogP contribution in [-0.2, 0) is 20.9 Å². The summed E-state index contributed by atoms with van der Waals surface area (Å²) in [5.74, 6) is -0.494. The van der Waals surface area contributed by atoms with E-state index in [0.29, 0.717) is 17.1 Å². The van der Waals surface area contributed by atoms with Gasteiger partial charge in [-0.2, -0.15) is 0 Å². The molecule has 0 spiro atoms. The molecule has 1 unspecified atom stereocenters. The van der Waals surface area contributed by atoms with Crippen molar-refractivity contribution in [2.45, 2.75) is 25.6 Å². The van der Waals surface area contributed by atoms with Crippen LogP contribution >= 0.6 is 11.8 Å². The van der Waals surface area contributed by atoms with Crippen LogP contribution in [0.25, 0.3) is 0 Å². The number of aryl methyl sites for hydroxylation is 1. The summed E-state index contributed by atoms with van der Waals surface area (Å²) in [6, 6.07) is 8.18. The summed E-state index contributed by atoms with van der Waals surface area (Å²) in [6.45, 7) is 3.46. The van der Waals surface area contributed by atoms with E-state index < -0.39 is 17.1 Å². The third-order valence-electron chi connectivity index (χ3n) is 3.84. The largest absolute Gasteiger partial charge is 0.368 e. The summed E-state index contributed by atoms with van der Waals surface area (Å²) in [5.41, 5.74) is 6.16. The average molecular weight is 433 g/mol. The number of primary amides is 1. The minimum atomic E-state index is -0.624. The molecule has 0 radical (unpaired) electrons. The van der Waals surface area contributed by atoms with Crippen LogP contribution in [-0.4, -0.2) is 46.3 Å². The number of nitrogens with one attached hydrogen (secondary N) is 3. The first kappa shape index (κ1) is 22.9. The van der Waals surface area contributed by atoms with E-state index in [2.05, 4.69) is 21.1 Å². The monoisotopic (exact) mass is 433 g/mol. The first-order valence-corrected chi connectivity index (χ1v) is 10.1. The normalized spacial score (nSPS) is 11.4. The van der Waals surface area contributed by atoms with Gasteiger partial charge in [0.25, 0.3) is 5.91 Å². The van der Waals surface area contributed by atoms with E-state index >= 15 is 0 Å². The second kappa shape index (κ2) is 11.0. The fourth-order valence-corrected chi connectivity index (χ4v) is 2.94. The average Bonchev–Trinajstić information content (AvgIpc) is 3.13. The van der Waals surface area contributed by atoms with E-state index in [1.807, 2.05) is 0 Å². The van der Waals surface area contributed by atoms with Crippen molar-refractivity contribution in [1.29, 1.82) is 0 Å². The molecule has 1 atom stereocenters. The molecule has 1 heterocycles. The van der Waals surface area contributed by atoms with E-state index in [-0.39, 0.29) is 30.7 Å². The molecule has 0 saturated carbocycles. The van der Waals surface area contributed by atoms with Crippen LogP contribution in [0.3, 0.4) is 0 Å². The van der Waals surface area contributed by atoms with Crippen molar-refractivity contribution < 1.29 is 23.7 Å². The number of anilines is 1. The van der Waals surface area contributed by atoms with Gasteiger partial charge in [-0.05, 0) is 31.5 Å². The van der Waals surface area contributed by atoms with Gasteiger partial charge in [-0.1, -0.05) is 17.3 Å². The molecule has 11 heteroatoms. The fourth-order valence-electron chi connectivity index (χ4n) is 2.22. The summed E-state index contributed by atoms with van der Waals surface area (Å²) >= 11 is 1.19. The number of nitrogens with zero attached hydrogens (tertiary/aromatic N) is 1. The Morgan fingerprint density at radius 1 is 1.17 bits per heavy atom. The number of nitrogens with two attached hydrogens (primary N) is 1. The van der Waals surface area contributed by atoms with Crippen LogP contribution < -0.4 is 21.7 Å². The molecule has 2 aromatic rings. The molecule has 0 aliphatic rings. The maximum absolute atomic E-state index is 12.1. The zero-order valence-corrected chi connectivity index (χ0v) is 17.4. The van der Waals surface area contributed by atoms with Gasteiger partial charge in [-0.3, -0.25) is 19.2 Å². The molecule has 2 rings (SSSR count). The number of rotatable bonds is 10. The van der Waals surface area contributed by atoms with Crippen LogP contribution in [0.2, 0.25) is 0 Å². The predicted molar refractivity (Wildman–Crippen MR) is 112 cm³/mol. The smallest absolute Gasteiger partial charge is 0.251 e. The van der Waals surface area contributed by atoms with E-state index in [1.54, 1.807) is 44.2 Å².